The summed E-state index contributed by atoms with van der Waals surface area (Å²) < 4.78 is 3.34. The second-order valence-corrected chi connectivity index (χ2v) is 34.7. The SMILES string of the molecule is Cc1c(C(C)(c2ccccc2)c2ccccc2)ccc(C2=[C]([Ge]([CH3])([CH3])[CH3])C=CC2)c1C1=[C]([Ge]([CH3])([CH3])[CH3])C=CC1. The molecule has 3 aromatic carbocycles. The summed E-state index contributed by atoms with van der Waals surface area (Å²) in [6.45, 7) is 4.84. The van der Waals surface area contributed by atoms with Crippen molar-refractivity contribution in [3.8, 4) is 0 Å². The van der Waals surface area contributed by atoms with Crippen molar-refractivity contribution in [3.63, 3.8) is 0 Å². The van der Waals surface area contributed by atoms with Crippen LogP contribution in [-0.4, -0.2) is 26.5 Å². The quantitative estimate of drug-likeness (QED) is 0.179. The van der Waals surface area contributed by atoms with Crippen LogP contribution in [0.3, 0.4) is 0 Å². The summed E-state index contributed by atoms with van der Waals surface area (Å²) in [5, 5.41) is 0. The van der Waals surface area contributed by atoms with Crippen molar-refractivity contribution in [3.05, 3.63) is 139 Å². The monoisotopic (exact) mass is 636 g/mol. The Morgan fingerprint density at radius 1 is 0.590 bits per heavy atom. The van der Waals surface area contributed by atoms with Gasteiger partial charge < -0.3 is 0 Å². The average Bonchev–Trinajstić information content (AvgIpc) is 3.59. The molecule has 0 N–H and O–H groups in total. The summed E-state index contributed by atoms with van der Waals surface area (Å²) in [4.78, 5) is 0. The molecule has 5 rings (SSSR count). The first-order chi connectivity index (χ1) is 18.4. The summed E-state index contributed by atoms with van der Waals surface area (Å²) in [6.07, 6.45) is 11.9. The zero-order valence-electron chi connectivity index (χ0n) is 25.2. The average molecular weight is 634 g/mol. The van der Waals surface area contributed by atoms with Crippen LogP contribution in [0, 0.1) is 6.92 Å². The molecule has 39 heavy (non-hydrogen) atoms. The molecule has 0 nitrogen and oxygen atoms in total. The van der Waals surface area contributed by atoms with Gasteiger partial charge in [0.1, 0.15) is 0 Å². The Kier molecular flexibility index (Phi) is 7.67. The summed E-state index contributed by atoms with van der Waals surface area (Å²) in [7, 11) is 0. The van der Waals surface area contributed by atoms with Gasteiger partial charge in [0, 0.05) is 0 Å². The van der Waals surface area contributed by atoms with Gasteiger partial charge in [-0.05, 0) is 0 Å². The predicted molar refractivity (Wildman–Crippen MR) is 178 cm³/mol. The fraction of sp³-hybridized carbons (Fsp3) is 0.297. The summed E-state index contributed by atoms with van der Waals surface area (Å²) >= 11 is -4.14. The fourth-order valence-electron chi connectivity index (χ4n) is 6.82. The maximum atomic E-state index is 2.55. The van der Waals surface area contributed by atoms with Gasteiger partial charge in [0.05, 0.1) is 0 Å². The molecular weight excluding hydrogens is 590 g/mol. The third kappa shape index (κ3) is 5.16. The second kappa shape index (κ2) is 10.6. The van der Waals surface area contributed by atoms with E-state index >= 15 is 0 Å². The van der Waals surface area contributed by atoms with E-state index in [2.05, 4.69) is 145 Å². The van der Waals surface area contributed by atoms with Gasteiger partial charge in [0.2, 0.25) is 0 Å². The van der Waals surface area contributed by atoms with E-state index in [9.17, 15) is 0 Å². The summed E-state index contributed by atoms with van der Waals surface area (Å²) in [5.74, 6) is 15.3. The molecule has 0 amide bonds. The Morgan fingerprint density at radius 3 is 1.54 bits per heavy atom. The molecule has 0 radical (unpaired) electrons. The van der Waals surface area contributed by atoms with E-state index in [1.54, 1.807) is 20.0 Å². The van der Waals surface area contributed by atoms with Crippen molar-refractivity contribution in [2.45, 2.75) is 66.6 Å². The van der Waals surface area contributed by atoms with Crippen molar-refractivity contribution < 1.29 is 0 Å². The maximum absolute atomic E-state index is 2.55. The molecule has 0 atom stereocenters. The third-order valence-electron chi connectivity index (χ3n) is 8.81. The van der Waals surface area contributed by atoms with Crippen molar-refractivity contribution in [1.82, 2.24) is 0 Å². The van der Waals surface area contributed by atoms with E-state index < -0.39 is 26.5 Å². The molecule has 2 heteroatoms. The molecule has 0 saturated carbocycles. The Hall–Kier alpha value is -2.29. The van der Waals surface area contributed by atoms with Gasteiger partial charge in [0.15, 0.2) is 0 Å². The Balaban J connectivity index is 1.87. The first-order valence-corrected chi connectivity index (χ1v) is 29.2. The minimum absolute atomic E-state index is 0.247. The van der Waals surface area contributed by atoms with Gasteiger partial charge in [0.25, 0.3) is 0 Å². The molecule has 0 saturated heterocycles. The predicted octanol–water partition coefficient (Wildman–Crippen LogP) is 10.5. The second-order valence-electron chi connectivity index (χ2n) is 13.5. The van der Waals surface area contributed by atoms with E-state index in [1.807, 2.05) is 0 Å². The van der Waals surface area contributed by atoms with Crippen LogP contribution in [0.1, 0.15) is 53.1 Å². The van der Waals surface area contributed by atoms with Crippen molar-refractivity contribution >= 4 is 37.7 Å². The molecule has 3 aromatic rings. The Bertz CT molecular complexity index is 1460. The normalized spacial score (nSPS) is 16.1. The van der Waals surface area contributed by atoms with Crippen LogP contribution in [0.5, 0.6) is 0 Å². The van der Waals surface area contributed by atoms with Crippen LogP contribution >= 0.6 is 0 Å². The molecule has 0 unspecified atom stereocenters. The Morgan fingerprint density at radius 2 is 1.05 bits per heavy atom. The molecule has 0 fully saturated rings. The minimum atomic E-state index is -2.09. The van der Waals surface area contributed by atoms with Gasteiger partial charge in [-0.3, -0.25) is 0 Å². The molecule has 200 valence electrons. The van der Waals surface area contributed by atoms with Crippen LogP contribution in [-0.2, 0) is 5.41 Å². The van der Waals surface area contributed by atoms with Crippen LogP contribution < -0.4 is 0 Å². The van der Waals surface area contributed by atoms with E-state index in [1.165, 1.54) is 33.4 Å². The van der Waals surface area contributed by atoms with E-state index in [-0.39, 0.29) is 5.41 Å². The summed E-state index contributed by atoms with van der Waals surface area (Å²) in [5.41, 5.74) is 11.5. The molecule has 0 spiro atoms. The number of allylic oxidation sites excluding steroid dienone is 8. The third-order valence-corrected chi connectivity index (χ3v) is 17.6. The van der Waals surface area contributed by atoms with E-state index in [0.29, 0.717) is 0 Å². The first-order valence-electron chi connectivity index (χ1n) is 14.5. The first kappa shape index (κ1) is 28.2. The number of benzene rings is 3. The molecule has 0 aliphatic heterocycles. The standard InChI is InChI=1S/C37H44Ge2/c1-27-33(37(2,28-17-11-9-12-18-28)29-19-13-10-14-20-29)26-25-31(30-21-15-23-34(30)38(3,4)5)36(27)32-22-16-24-35(32)39(6,7)8/h9-20,23-26H,21-22H2,1-8H3. The van der Waals surface area contributed by atoms with Crippen molar-refractivity contribution in [1.29, 1.82) is 0 Å². The summed E-state index contributed by atoms with van der Waals surface area (Å²) in [6, 6.07) is 27.2. The number of hydrogen-bond donors (Lipinski definition) is 0. The molecule has 0 aromatic heterocycles. The molecule has 0 bridgehead atoms. The molecule has 2 aliphatic rings. The van der Waals surface area contributed by atoms with Gasteiger partial charge in [-0.25, -0.2) is 0 Å². The van der Waals surface area contributed by atoms with Gasteiger partial charge in [-0.1, -0.05) is 0 Å². The van der Waals surface area contributed by atoms with Crippen LogP contribution in [0.2, 0.25) is 34.5 Å². The molecule has 0 heterocycles. The van der Waals surface area contributed by atoms with Crippen molar-refractivity contribution in [2.75, 3.05) is 0 Å². The number of hydrogen-bond acceptors (Lipinski definition) is 0. The van der Waals surface area contributed by atoms with Gasteiger partial charge in [-0.2, -0.15) is 0 Å². The topological polar surface area (TPSA) is 0 Å². The van der Waals surface area contributed by atoms with Gasteiger partial charge in [-0.15, -0.1) is 0 Å². The molecular formula is C37H44Ge2. The number of rotatable bonds is 7. The zero-order valence-corrected chi connectivity index (χ0v) is 29.3. The fourth-order valence-corrected chi connectivity index (χ4v) is 14.2. The van der Waals surface area contributed by atoms with Gasteiger partial charge >= 0.3 is 244 Å². The van der Waals surface area contributed by atoms with Crippen LogP contribution in [0.25, 0.3) is 11.1 Å². The zero-order chi connectivity index (χ0) is 28.0. The Labute approximate surface area is 242 Å². The van der Waals surface area contributed by atoms with Crippen LogP contribution in [0.15, 0.2) is 106 Å². The van der Waals surface area contributed by atoms with Crippen molar-refractivity contribution in [2.24, 2.45) is 0 Å². The van der Waals surface area contributed by atoms with E-state index in [4.69, 9.17) is 0 Å². The van der Waals surface area contributed by atoms with E-state index in [0.717, 1.165) is 12.8 Å². The van der Waals surface area contributed by atoms with Crippen LogP contribution in [0.4, 0.5) is 0 Å². The molecule has 2 aliphatic carbocycles.